The van der Waals surface area contributed by atoms with E-state index in [4.69, 9.17) is 18.5 Å². The number of ether oxygens (including phenoxy) is 2. The molecule has 0 saturated heterocycles. The zero-order valence-corrected chi connectivity index (χ0v) is 23.9. The maximum absolute atomic E-state index is 13.2. The fraction of sp³-hybridized carbons (Fsp3) is 0.607. The average molecular weight is 539 g/mol. The van der Waals surface area contributed by atoms with Crippen molar-refractivity contribution in [3.63, 3.8) is 0 Å². The van der Waals surface area contributed by atoms with Crippen molar-refractivity contribution in [3.05, 3.63) is 47.1 Å². The molecule has 1 aromatic carbocycles. The second-order valence-corrected chi connectivity index (χ2v) is 11.3. The molecule has 2 N–H and O–H groups in total. The molecule has 0 aromatic heterocycles. The highest BCUT2D eigenvalue weighted by Gasteiger charge is 2.36. The number of allylic oxidation sites excluding steroid dienone is 3. The van der Waals surface area contributed by atoms with Gasteiger partial charge in [-0.05, 0) is 83.9 Å². The number of phosphoric ester groups is 1. The summed E-state index contributed by atoms with van der Waals surface area (Å²) in [7, 11) is -4.60. The molecule has 8 nitrogen and oxygen atoms in total. The van der Waals surface area contributed by atoms with Crippen molar-refractivity contribution in [2.45, 2.75) is 98.4 Å². The van der Waals surface area contributed by atoms with Crippen molar-refractivity contribution in [3.8, 4) is 11.5 Å². The van der Waals surface area contributed by atoms with Gasteiger partial charge in [0.15, 0.2) is 0 Å². The molecule has 0 radical (unpaired) electrons. The fourth-order valence-electron chi connectivity index (χ4n) is 4.58. The van der Waals surface area contributed by atoms with E-state index in [-0.39, 0.29) is 29.9 Å². The van der Waals surface area contributed by atoms with E-state index in [1.54, 1.807) is 32.9 Å². The molecule has 0 aliphatic heterocycles. The molecule has 2 unspecified atom stereocenters. The van der Waals surface area contributed by atoms with Crippen LogP contribution in [0, 0.1) is 5.92 Å². The molecular formula is C28H43O8P. The normalized spacial score (nSPS) is 20.3. The number of carbonyl (C=O) groups is 1. The molecule has 37 heavy (non-hydrogen) atoms. The second-order valence-electron chi connectivity index (χ2n) is 9.95. The van der Waals surface area contributed by atoms with Crippen LogP contribution in [0.3, 0.4) is 0 Å². The molecule has 0 saturated carbocycles. The minimum Gasteiger partial charge on any atom is -0.507 e. The van der Waals surface area contributed by atoms with Gasteiger partial charge in [0.2, 0.25) is 0 Å². The number of unbranched alkanes of at least 4 members (excludes halogenated alkanes) is 2. The Morgan fingerprint density at radius 3 is 2.51 bits per heavy atom. The number of benzene rings is 1. The lowest BCUT2D eigenvalue weighted by atomic mass is 9.73. The van der Waals surface area contributed by atoms with Gasteiger partial charge in [0.25, 0.3) is 6.29 Å². The largest absolute Gasteiger partial charge is 0.507 e. The highest BCUT2D eigenvalue weighted by atomic mass is 31.2. The minimum absolute atomic E-state index is 0.0267. The van der Waals surface area contributed by atoms with Gasteiger partial charge in [-0.2, -0.15) is 0 Å². The third-order valence-electron chi connectivity index (χ3n) is 6.26. The Kier molecular flexibility index (Phi) is 12.1. The van der Waals surface area contributed by atoms with Crippen molar-refractivity contribution in [1.82, 2.24) is 0 Å². The van der Waals surface area contributed by atoms with Gasteiger partial charge in [0.1, 0.15) is 11.5 Å². The summed E-state index contributed by atoms with van der Waals surface area (Å²) >= 11 is 0. The molecule has 0 amide bonds. The molecule has 2 rings (SSSR count). The Balaban J connectivity index is 2.50. The number of phenols is 1. The lowest BCUT2D eigenvalue weighted by Crippen LogP contribution is -2.32. The van der Waals surface area contributed by atoms with Crippen molar-refractivity contribution < 1.29 is 37.9 Å². The van der Waals surface area contributed by atoms with Crippen molar-refractivity contribution in [2.24, 2.45) is 5.92 Å². The predicted octanol–water partition coefficient (Wildman–Crippen LogP) is 6.95. The van der Waals surface area contributed by atoms with Gasteiger partial charge in [-0.1, -0.05) is 43.6 Å². The summed E-state index contributed by atoms with van der Waals surface area (Å²) in [5.41, 5.74) is 3.44. The SMILES string of the molecule is C=C(C)[C@@H]1CCC(C)=C[C@H]1c1c(O)cc(CCCCC)cc1OC(=O)C(OCC)OP(=O)(O)OC(C)C. The molecule has 208 valence electrons. The number of esters is 1. The molecule has 0 spiro atoms. The van der Waals surface area contributed by atoms with Gasteiger partial charge < -0.3 is 19.5 Å². The number of aryl methyl sites for hydroxylation is 1. The molecule has 1 aliphatic rings. The lowest BCUT2D eigenvalue weighted by molar-refractivity contribution is -0.170. The van der Waals surface area contributed by atoms with Crippen LogP contribution in [-0.4, -0.2) is 35.0 Å². The number of rotatable bonds is 14. The zero-order chi connectivity index (χ0) is 27.8. The highest BCUT2D eigenvalue weighted by Crippen LogP contribution is 2.48. The number of hydrogen-bond acceptors (Lipinski definition) is 7. The first-order valence-electron chi connectivity index (χ1n) is 13.1. The van der Waals surface area contributed by atoms with Crippen LogP contribution in [0.5, 0.6) is 11.5 Å². The van der Waals surface area contributed by atoms with Crippen LogP contribution in [0.2, 0.25) is 0 Å². The Hall–Kier alpha value is -1.96. The zero-order valence-electron chi connectivity index (χ0n) is 23.0. The maximum Gasteiger partial charge on any atom is 0.475 e. The van der Waals surface area contributed by atoms with Crippen LogP contribution in [-0.2, 0) is 29.6 Å². The highest BCUT2D eigenvalue weighted by molar-refractivity contribution is 7.47. The number of aromatic hydroxyl groups is 1. The van der Waals surface area contributed by atoms with Gasteiger partial charge in [-0.15, -0.1) is 0 Å². The van der Waals surface area contributed by atoms with Gasteiger partial charge in [0.05, 0.1) is 6.10 Å². The molecule has 0 fully saturated rings. The molecular weight excluding hydrogens is 495 g/mol. The van der Waals surface area contributed by atoms with E-state index in [0.717, 1.165) is 43.2 Å². The number of carbonyl (C=O) groups excluding carboxylic acids is 1. The second kappa shape index (κ2) is 14.3. The molecule has 0 heterocycles. The third kappa shape index (κ3) is 9.38. The summed E-state index contributed by atoms with van der Waals surface area (Å²) in [6.45, 7) is 15.0. The van der Waals surface area contributed by atoms with Crippen LogP contribution in [0.4, 0.5) is 0 Å². The van der Waals surface area contributed by atoms with E-state index in [2.05, 4.69) is 19.6 Å². The Morgan fingerprint density at radius 1 is 1.22 bits per heavy atom. The Morgan fingerprint density at radius 2 is 1.92 bits per heavy atom. The van der Waals surface area contributed by atoms with E-state index in [1.165, 1.54) is 5.57 Å². The first kappa shape index (κ1) is 31.3. The topological polar surface area (TPSA) is 112 Å². The molecule has 1 aliphatic carbocycles. The van der Waals surface area contributed by atoms with E-state index in [1.807, 2.05) is 13.8 Å². The fourth-order valence-corrected chi connectivity index (χ4v) is 5.55. The first-order chi connectivity index (χ1) is 17.4. The van der Waals surface area contributed by atoms with Crippen LogP contribution in [0.25, 0.3) is 0 Å². The number of phosphoric acid groups is 1. The van der Waals surface area contributed by atoms with E-state index in [9.17, 15) is 19.4 Å². The summed E-state index contributed by atoms with van der Waals surface area (Å²) in [5.74, 6) is -1.01. The van der Waals surface area contributed by atoms with Gasteiger partial charge >= 0.3 is 13.8 Å². The standard InChI is InChI=1S/C28H43O8P/c1-8-10-11-12-21-16-24(29)26(23-15-20(7)13-14-22(23)18(3)4)25(17-21)34-27(30)28(33-9-2)36-37(31,32)35-19(5)6/h15-17,19,22-23,28-29H,3,8-14H2,1-2,4-7H3,(H,31,32)/t22-,23+,28?/m0/s1. The van der Waals surface area contributed by atoms with E-state index >= 15 is 0 Å². The van der Waals surface area contributed by atoms with Gasteiger partial charge in [-0.3, -0.25) is 4.52 Å². The van der Waals surface area contributed by atoms with Crippen LogP contribution < -0.4 is 4.74 Å². The molecule has 1 aromatic rings. The lowest BCUT2D eigenvalue weighted by Gasteiger charge is -2.32. The quantitative estimate of drug-likeness (QED) is 0.0654. The van der Waals surface area contributed by atoms with Crippen LogP contribution >= 0.6 is 7.82 Å². The smallest absolute Gasteiger partial charge is 0.475 e. The summed E-state index contributed by atoms with van der Waals surface area (Å²) in [6.07, 6.45) is 5.16. The predicted molar refractivity (Wildman–Crippen MR) is 144 cm³/mol. The Bertz CT molecular complexity index is 1020. The number of hydrogen-bond donors (Lipinski definition) is 2. The Labute approximate surface area is 221 Å². The number of phenolic OH excluding ortho intramolecular Hbond substituents is 1. The van der Waals surface area contributed by atoms with Crippen LogP contribution in [0.1, 0.15) is 90.7 Å². The van der Waals surface area contributed by atoms with E-state index in [0.29, 0.717) is 12.0 Å². The first-order valence-corrected chi connectivity index (χ1v) is 14.6. The van der Waals surface area contributed by atoms with Crippen molar-refractivity contribution in [1.29, 1.82) is 0 Å². The maximum atomic E-state index is 13.2. The monoisotopic (exact) mass is 538 g/mol. The van der Waals surface area contributed by atoms with Crippen molar-refractivity contribution >= 4 is 13.8 Å². The summed E-state index contributed by atoms with van der Waals surface area (Å²) < 4.78 is 33.4. The van der Waals surface area contributed by atoms with Crippen LogP contribution in [0.15, 0.2) is 35.9 Å². The molecule has 9 heteroatoms. The van der Waals surface area contributed by atoms with Gasteiger partial charge in [0, 0.05) is 18.1 Å². The third-order valence-corrected chi connectivity index (χ3v) is 7.40. The summed E-state index contributed by atoms with van der Waals surface area (Å²) in [5, 5.41) is 11.2. The van der Waals surface area contributed by atoms with E-state index < -0.39 is 26.2 Å². The average Bonchev–Trinajstić information content (AvgIpc) is 2.77. The van der Waals surface area contributed by atoms with Gasteiger partial charge in [-0.25, -0.2) is 13.9 Å². The minimum atomic E-state index is -4.60. The molecule has 0 bridgehead atoms. The summed E-state index contributed by atoms with van der Waals surface area (Å²) in [4.78, 5) is 23.2. The summed E-state index contributed by atoms with van der Waals surface area (Å²) in [6, 6.07) is 3.48. The van der Waals surface area contributed by atoms with Crippen molar-refractivity contribution in [2.75, 3.05) is 6.61 Å². The molecule has 4 atom stereocenters.